The van der Waals surface area contributed by atoms with Crippen LogP contribution in [0.3, 0.4) is 0 Å². The van der Waals surface area contributed by atoms with Crippen molar-refractivity contribution in [2.75, 3.05) is 6.54 Å². The van der Waals surface area contributed by atoms with E-state index in [1.807, 2.05) is 35.9 Å². The van der Waals surface area contributed by atoms with Gasteiger partial charge in [0.2, 0.25) is 0 Å². The number of unbranched alkanes of at least 4 members (excludes halogenated alkanes) is 1. The Labute approximate surface area is 153 Å². The van der Waals surface area contributed by atoms with E-state index in [-0.39, 0.29) is 6.54 Å². The number of allylic oxidation sites excluding steroid dienone is 1. The summed E-state index contributed by atoms with van der Waals surface area (Å²) in [6, 6.07) is 7.69. The fourth-order valence-corrected chi connectivity index (χ4v) is 3.19. The molecule has 1 aromatic heterocycles. The van der Waals surface area contributed by atoms with E-state index in [1.54, 1.807) is 18.4 Å². The molecule has 1 aliphatic heterocycles. The minimum Gasteiger partial charge on any atom is -0.480 e. The number of aryl methyl sites for hydroxylation is 2. The highest BCUT2D eigenvalue weighted by molar-refractivity contribution is 5.88. The zero-order valence-electron chi connectivity index (χ0n) is 15.2. The van der Waals surface area contributed by atoms with Gasteiger partial charge in [-0.2, -0.15) is 5.10 Å². The molecule has 2 heterocycles. The molecule has 3 rings (SSSR count). The Balaban J connectivity index is 1.81. The van der Waals surface area contributed by atoms with Crippen LogP contribution in [0.15, 0.2) is 41.4 Å². The van der Waals surface area contributed by atoms with Gasteiger partial charge in [0.25, 0.3) is 0 Å². The number of aliphatic carboxylic acids is 1. The van der Waals surface area contributed by atoms with Gasteiger partial charge in [0.15, 0.2) is 0 Å². The summed E-state index contributed by atoms with van der Waals surface area (Å²) in [5.74, 6) is 0.898. The summed E-state index contributed by atoms with van der Waals surface area (Å²) in [6.45, 7) is 4.92. The van der Waals surface area contributed by atoms with Crippen molar-refractivity contribution in [1.29, 1.82) is 0 Å². The fourth-order valence-electron chi connectivity index (χ4n) is 3.19. The van der Waals surface area contributed by atoms with Crippen LogP contribution in [0.1, 0.15) is 42.5 Å². The van der Waals surface area contributed by atoms with Crippen molar-refractivity contribution >= 4 is 12.2 Å². The number of hydrogen-bond acceptors (Lipinski definition) is 4. The highest BCUT2D eigenvalue weighted by atomic mass is 16.4. The molecular formula is C20H24N4O2. The number of dihydropyridines is 1. The summed E-state index contributed by atoms with van der Waals surface area (Å²) in [4.78, 5) is 20.5. The van der Waals surface area contributed by atoms with E-state index in [0.717, 1.165) is 42.0 Å². The molecule has 0 saturated heterocycles. The predicted octanol–water partition coefficient (Wildman–Crippen LogP) is 2.94. The first-order valence-electron chi connectivity index (χ1n) is 8.96. The standard InChI is InChI=1S/C20H24N4O2/c1-3-4-6-18-22-15(2)23-24(18)13-16-7-9-17(10-8-16)20(19(25)26)11-5-12-21-14-20/h5,7-12H,3-4,6,13-14H2,1-2H3,(H,25,26). The molecule has 0 saturated carbocycles. The molecule has 6 nitrogen and oxygen atoms in total. The van der Waals surface area contributed by atoms with Crippen LogP contribution >= 0.6 is 0 Å². The predicted molar refractivity (Wildman–Crippen MR) is 101 cm³/mol. The Morgan fingerprint density at radius 1 is 1.31 bits per heavy atom. The Bertz CT molecular complexity index is 836. The van der Waals surface area contributed by atoms with Gasteiger partial charge in [0, 0.05) is 12.6 Å². The number of nitrogens with zero attached hydrogens (tertiary/aromatic N) is 4. The first-order valence-corrected chi connectivity index (χ1v) is 8.96. The molecule has 0 aliphatic carbocycles. The first-order chi connectivity index (χ1) is 12.5. The largest absolute Gasteiger partial charge is 0.480 e. The second-order valence-electron chi connectivity index (χ2n) is 6.66. The van der Waals surface area contributed by atoms with Crippen molar-refractivity contribution in [3.8, 4) is 0 Å². The van der Waals surface area contributed by atoms with Gasteiger partial charge in [-0.3, -0.25) is 9.79 Å². The van der Waals surface area contributed by atoms with Crippen LogP contribution in [0.4, 0.5) is 0 Å². The van der Waals surface area contributed by atoms with Gasteiger partial charge in [-0.05, 0) is 30.5 Å². The zero-order valence-corrected chi connectivity index (χ0v) is 15.2. The fraction of sp³-hybridized carbons (Fsp3) is 0.400. The summed E-state index contributed by atoms with van der Waals surface area (Å²) in [6.07, 6.45) is 8.17. The maximum absolute atomic E-state index is 11.9. The number of carboxylic acid groups (broad SMARTS) is 1. The smallest absolute Gasteiger partial charge is 0.319 e. The number of carbonyl (C=O) groups is 1. The van der Waals surface area contributed by atoms with Crippen LogP contribution in [-0.2, 0) is 23.2 Å². The highest BCUT2D eigenvalue weighted by Crippen LogP contribution is 2.29. The molecular weight excluding hydrogens is 328 g/mol. The number of hydrogen-bond donors (Lipinski definition) is 1. The maximum Gasteiger partial charge on any atom is 0.319 e. The van der Waals surface area contributed by atoms with Gasteiger partial charge in [0.05, 0.1) is 13.1 Å². The Morgan fingerprint density at radius 3 is 2.69 bits per heavy atom. The number of carboxylic acids is 1. The van der Waals surface area contributed by atoms with Crippen molar-refractivity contribution in [2.24, 2.45) is 4.99 Å². The minimum absolute atomic E-state index is 0.224. The molecule has 1 unspecified atom stereocenters. The van der Waals surface area contributed by atoms with Crippen molar-refractivity contribution in [1.82, 2.24) is 14.8 Å². The number of benzene rings is 1. The molecule has 0 fully saturated rings. The second kappa shape index (κ2) is 7.64. The first kappa shape index (κ1) is 18.0. The summed E-state index contributed by atoms with van der Waals surface area (Å²) in [7, 11) is 0. The van der Waals surface area contributed by atoms with E-state index in [4.69, 9.17) is 0 Å². The maximum atomic E-state index is 11.9. The summed E-state index contributed by atoms with van der Waals surface area (Å²) in [5, 5.41) is 14.2. The number of aliphatic imine (C=N–C) groups is 1. The third-order valence-electron chi connectivity index (χ3n) is 4.70. The molecule has 1 aromatic carbocycles. The SMILES string of the molecule is CCCCc1nc(C)nn1Cc1ccc(C2(C(=O)O)C=CC=NC2)cc1. The van der Waals surface area contributed by atoms with Crippen LogP contribution in [0, 0.1) is 6.92 Å². The van der Waals surface area contributed by atoms with Crippen molar-refractivity contribution in [3.05, 3.63) is 59.2 Å². The van der Waals surface area contributed by atoms with E-state index in [2.05, 4.69) is 22.0 Å². The summed E-state index contributed by atoms with van der Waals surface area (Å²) < 4.78 is 1.94. The second-order valence-corrected chi connectivity index (χ2v) is 6.66. The van der Waals surface area contributed by atoms with Gasteiger partial charge >= 0.3 is 5.97 Å². The minimum atomic E-state index is -1.08. The third kappa shape index (κ3) is 3.59. The molecule has 1 N–H and O–H groups in total. The van der Waals surface area contributed by atoms with E-state index in [9.17, 15) is 9.90 Å². The summed E-state index contributed by atoms with van der Waals surface area (Å²) >= 11 is 0. The quantitative estimate of drug-likeness (QED) is 0.831. The van der Waals surface area contributed by atoms with Gasteiger partial charge in [-0.1, -0.05) is 43.7 Å². The lowest BCUT2D eigenvalue weighted by atomic mass is 9.79. The lowest BCUT2D eigenvalue weighted by Gasteiger charge is -2.26. The van der Waals surface area contributed by atoms with Crippen LogP contribution in [0.5, 0.6) is 0 Å². The van der Waals surface area contributed by atoms with Crippen LogP contribution in [-0.4, -0.2) is 38.6 Å². The van der Waals surface area contributed by atoms with Gasteiger partial charge < -0.3 is 5.11 Å². The van der Waals surface area contributed by atoms with Gasteiger partial charge in [0.1, 0.15) is 17.1 Å². The monoisotopic (exact) mass is 352 g/mol. The molecule has 2 aromatic rings. The molecule has 136 valence electrons. The van der Waals surface area contributed by atoms with E-state index >= 15 is 0 Å². The average Bonchev–Trinajstić information content (AvgIpc) is 3.00. The van der Waals surface area contributed by atoms with Crippen molar-refractivity contribution in [2.45, 2.75) is 45.1 Å². The molecule has 0 radical (unpaired) electrons. The van der Waals surface area contributed by atoms with Gasteiger partial charge in [-0.15, -0.1) is 0 Å². The molecule has 1 aliphatic rings. The Morgan fingerprint density at radius 2 is 2.08 bits per heavy atom. The van der Waals surface area contributed by atoms with Crippen LogP contribution < -0.4 is 0 Å². The summed E-state index contributed by atoms with van der Waals surface area (Å²) in [5.41, 5.74) is 0.728. The normalized spacial score (nSPS) is 19.0. The Kier molecular flexibility index (Phi) is 5.30. The molecule has 26 heavy (non-hydrogen) atoms. The lowest BCUT2D eigenvalue weighted by Crippen LogP contribution is -2.38. The molecule has 1 atom stereocenters. The van der Waals surface area contributed by atoms with Crippen LogP contribution in [0.25, 0.3) is 0 Å². The van der Waals surface area contributed by atoms with E-state index in [1.165, 1.54) is 0 Å². The highest BCUT2D eigenvalue weighted by Gasteiger charge is 2.38. The zero-order chi connectivity index (χ0) is 18.6. The Hall–Kier alpha value is -2.76. The van der Waals surface area contributed by atoms with Crippen molar-refractivity contribution < 1.29 is 9.90 Å². The molecule has 0 bridgehead atoms. The number of rotatable bonds is 7. The topological polar surface area (TPSA) is 80.4 Å². The third-order valence-corrected chi connectivity index (χ3v) is 4.70. The molecule has 0 spiro atoms. The molecule has 6 heteroatoms. The number of aromatic nitrogens is 3. The van der Waals surface area contributed by atoms with E-state index in [0.29, 0.717) is 6.54 Å². The van der Waals surface area contributed by atoms with Gasteiger partial charge in [-0.25, -0.2) is 9.67 Å². The lowest BCUT2D eigenvalue weighted by molar-refractivity contribution is -0.141. The molecule has 0 amide bonds. The van der Waals surface area contributed by atoms with Crippen molar-refractivity contribution in [3.63, 3.8) is 0 Å². The van der Waals surface area contributed by atoms with Crippen LogP contribution in [0.2, 0.25) is 0 Å². The average molecular weight is 352 g/mol. The van der Waals surface area contributed by atoms with E-state index < -0.39 is 11.4 Å².